The smallest absolute Gasteiger partial charge is 0.410 e. The van der Waals surface area contributed by atoms with Crippen LogP contribution < -0.4 is 5.32 Å². The maximum Gasteiger partial charge on any atom is 0.410 e. The zero-order valence-electron chi connectivity index (χ0n) is 13.3. The number of amides is 1. The van der Waals surface area contributed by atoms with Crippen LogP contribution in [-0.4, -0.2) is 53.5 Å². The number of likely N-dealkylation sites (tertiary alicyclic amines) is 1. The molecule has 1 aliphatic rings. The Morgan fingerprint density at radius 1 is 1.50 bits per heavy atom. The monoisotopic (exact) mass is 325 g/mol. The summed E-state index contributed by atoms with van der Waals surface area (Å²) in [6, 6.07) is 0. The SMILES string of the molecule is CC(C)(C)OC(=O)N1CC[C@H](CNCC(=O)c2nccs2)C1. The number of aromatic nitrogens is 1. The molecule has 1 N–H and O–H groups in total. The average molecular weight is 325 g/mol. The van der Waals surface area contributed by atoms with E-state index >= 15 is 0 Å². The molecule has 1 atom stereocenters. The van der Waals surface area contributed by atoms with E-state index in [1.165, 1.54) is 11.3 Å². The minimum Gasteiger partial charge on any atom is -0.444 e. The summed E-state index contributed by atoms with van der Waals surface area (Å²) >= 11 is 1.35. The molecule has 2 heterocycles. The number of hydrogen-bond acceptors (Lipinski definition) is 6. The van der Waals surface area contributed by atoms with Crippen LogP contribution in [0, 0.1) is 5.92 Å². The van der Waals surface area contributed by atoms with Crippen LogP contribution in [0.5, 0.6) is 0 Å². The van der Waals surface area contributed by atoms with E-state index in [4.69, 9.17) is 4.74 Å². The molecule has 0 bridgehead atoms. The molecule has 22 heavy (non-hydrogen) atoms. The molecule has 1 saturated heterocycles. The van der Waals surface area contributed by atoms with Crippen LogP contribution in [0.15, 0.2) is 11.6 Å². The largest absolute Gasteiger partial charge is 0.444 e. The standard InChI is InChI=1S/C15H23N3O3S/c1-15(2,3)21-14(20)18-6-4-11(10-18)8-16-9-12(19)13-17-5-7-22-13/h5,7,11,16H,4,6,8-10H2,1-3H3/t11-/m1/s1. The fourth-order valence-electron chi connectivity index (χ4n) is 2.32. The van der Waals surface area contributed by atoms with Crippen molar-refractivity contribution in [2.75, 3.05) is 26.2 Å². The van der Waals surface area contributed by atoms with E-state index in [9.17, 15) is 9.59 Å². The van der Waals surface area contributed by atoms with Gasteiger partial charge in [-0.3, -0.25) is 4.79 Å². The summed E-state index contributed by atoms with van der Waals surface area (Å²) in [6.07, 6.45) is 2.31. The van der Waals surface area contributed by atoms with Gasteiger partial charge < -0.3 is 15.0 Å². The average Bonchev–Trinajstić information content (AvgIpc) is 3.08. The van der Waals surface area contributed by atoms with Crippen molar-refractivity contribution in [3.8, 4) is 0 Å². The molecule has 0 aliphatic carbocycles. The van der Waals surface area contributed by atoms with Crippen molar-refractivity contribution in [3.63, 3.8) is 0 Å². The van der Waals surface area contributed by atoms with E-state index in [2.05, 4.69) is 10.3 Å². The van der Waals surface area contributed by atoms with Crippen LogP contribution in [0.3, 0.4) is 0 Å². The number of rotatable bonds is 5. The van der Waals surface area contributed by atoms with Gasteiger partial charge in [0.25, 0.3) is 0 Å². The lowest BCUT2D eigenvalue weighted by Gasteiger charge is -2.24. The van der Waals surface area contributed by atoms with Crippen molar-refractivity contribution in [1.29, 1.82) is 0 Å². The number of carbonyl (C=O) groups excluding carboxylic acids is 2. The van der Waals surface area contributed by atoms with Crippen molar-refractivity contribution < 1.29 is 14.3 Å². The Bertz CT molecular complexity index is 511. The Morgan fingerprint density at radius 2 is 2.27 bits per heavy atom. The number of hydrogen-bond donors (Lipinski definition) is 1. The van der Waals surface area contributed by atoms with Gasteiger partial charge in [0.2, 0.25) is 5.78 Å². The van der Waals surface area contributed by atoms with Gasteiger partial charge in [-0.2, -0.15) is 0 Å². The van der Waals surface area contributed by atoms with Gasteiger partial charge in [0.1, 0.15) is 5.60 Å². The van der Waals surface area contributed by atoms with Crippen LogP contribution in [-0.2, 0) is 4.74 Å². The van der Waals surface area contributed by atoms with Crippen molar-refractivity contribution in [2.24, 2.45) is 5.92 Å². The highest BCUT2D eigenvalue weighted by Gasteiger charge is 2.29. The second kappa shape index (κ2) is 7.19. The van der Waals surface area contributed by atoms with Crippen LogP contribution in [0.2, 0.25) is 0 Å². The van der Waals surface area contributed by atoms with Gasteiger partial charge in [-0.25, -0.2) is 9.78 Å². The van der Waals surface area contributed by atoms with E-state index < -0.39 is 5.60 Å². The van der Waals surface area contributed by atoms with E-state index in [1.54, 1.807) is 16.5 Å². The number of thiazole rings is 1. The predicted octanol–water partition coefficient (Wildman–Crippen LogP) is 2.17. The quantitative estimate of drug-likeness (QED) is 0.840. The van der Waals surface area contributed by atoms with Crippen LogP contribution in [0.4, 0.5) is 4.79 Å². The Morgan fingerprint density at radius 3 is 2.91 bits per heavy atom. The van der Waals surface area contributed by atoms with Crippen molar-refractivity contribution >= 4 is 23.2 Å². The molecule has 1 aromatic rings. The van der Waals surface area contributed by atoms with Gasteiger partial charge in [-0.15, -0.1) is 11.3 Å². The molecular formula is C15H23N3O3S. The first-order chi connectivity index (χ1) is 10.3. The Labute approximate surface area is 134 Å². The maximum absolute atomic E-state index is 12.0. The fraction of sp³-hybridized carbons (Fsp3) is 0.667. The lowest BCUT2D eigenvalue weighted by atomic mass is 10.1. The van der Waals surface area contributed by atoms with Crippen molar-refractivity contribution in [3.05, 3.63) is 16.6 Å². The number of ether oxygens (including phenoxy) is 1. The van der Waals surface area contributed by atoms with Gasteiger partial charge in [0, 0.05) is 31.2 Å². The topological polar surface area (TPSA) is 71.5 Å². The summed E-state index contributed by atoms with van der Waals surface area (Å²) in [6.45, 7) is 7.99. The van der Waals surface area contributed by atoms with Gasteiger partial charge in [-0.05, 0) is 33.1 Å². The Balaban J connectivity index is 1.68. The van der Waals surface area contributed by atoms with Gasteiger partial charge >= 0.3 is 6.09 Å². The lowest BCUT2D eigenvalue weighted by Crippen LogP contribution is -2.36. The Hall–Kier alpha value is -1.47. The van der Waals surface area contributed by atoms with Crippen LogP contribution >= 0.6 is 11.3 Å². The third-order valence-electron chi connectivity index (χ3n) is 3.33. The van der Waals surface area contributed by atoms with Crippen molar-refractivity contribution in [2.45, 2.75) is 32.8 Å². The summed E-state index contributed by atoms with van der Waals surface area (Å²) in [4.78, 5) is 29.5. The first-order valence-corrected chi connectivity index (χ1v) is 8.34. The zero-order valence-corrected chi connectivity index (χ0v) is 14.1. The summed E-state index contributed by atoms with van der Waals surface area (Å²) in [5.74, 6) is 0.369. The lowest BCUT2D eigenvalue weighted by molar-refractivity contribution is 0.0288. The molecule has 122 valence electrons. The summed E-state index contributed by atoms with van der Waals surface area (Å²) < 4.78 is 5.37. The molecule has 0 aromatic carbocycles. The molecule has 2 rings (SSSR count). The number of ketones is 1. The Kier molecular flexibility index (Phi) is 5.52. The molecule has 1 amide bonds. The molecular weight excluding hydrogens is 302 g/mol. The summed E-state index contributed by atoms with van der Waals surface area (Å²) in [7, 11) is 0. The highest BCUT2D eigenvalue weighted by molar-refractivity contribution is 7.11. The third-order valence-corrected chi connectivity index (χ3v) is 4.14. The van der Waals surface area contributed by atoms with E-state index in [1.807, 2.05) is 20.8 Å². The molecule has 1 aliphatic heterocycles. The molecule has 1 fully saturated rings. The van der Waals surface area contributed by atoms with Gasteiger partial charge in [0.15, 0.2) is 5.01 Å². The van der Waals surface area contributed by atoms with Crippen LogP contribution in [0.25, 0.3) is 0 Å². The molecule has 7 heteroatoms. The minimum absolute atomic E-state index is 0.0111. The second-order valence-electron chi connectivity index (χ2n) is 6.47. The van der Waals surface area contributed by atoms with E-state index in [-0.39, 0.29) is 18.4 Å². The van der Waals surface area contributed by atoms with E-state index in [0.717, 1.165) is 13.0 Å². The highest BCUT2D eigenvalue weighted by atomic mass is 32.1. The summed E-state index contributed by atoms with van der Waals surface area (Å²) in [5.41, 5.74) is -0.465. The zero-order chi connectivity index (χ0) is 16.2. The third kappa shape index (κ3) is 5.06. The molecule has 0 saturated carbocycles. The number of carbonyl (C=O) groups is 2. The molecule has 0 radical (unpaired) electrons. The predicted molar refractivity (Wildman–Crippen MR) is 85.2 cm³/mol. The van der Waals surface area contributed by atoms with Gasteiger partial charge in [0.05, 0.1) is 6.54 Å². The number of Topliss-reactive ketones (excluding diaryl/α,β-unsaturated/α-hetero) is 1. The second-order valence-corrected chi connectivity index (χ2v) is 7.37. The fourth-order valence-corrected chi connectivity index (χ4v) is 2.89. The minimum atomic E-state index is -0.465. The molecule has 1 aromatic heterocycles. The summed E-state index contributed by atoms with van der Waals surface area (Å²) in [5, 5.41) is 5.49. The van der Waals surface area contributed by atoms with Gasteiger partial charge in [-0.1, -0.05) is 0 Å². The first-order valence-electron chi connectivity index (χ1n) is 7.46. The number of nitrogens with zero attached hydrogens (tertiary/aromatic N) is 2. The highest BCUT2D eigenvalue weighted by Crippen LogP contribution is 2.18. The molecule has 0 spiro atoms. The first kappa shape index (κ1) is 16.9. The van der Waals surface area contributed by atoms with Crippen LogP contribution in [0.1, 0.15) is 37.0 Å². The molecule has 0 unspecified atom stereocenters. The number of nitrogens with one attached hydrogen (secondary N) is 1. The van der Waals surface area contributed by atoms with Crippen molar-refractivity contribution in [1.82, 2.24) is 15.2 Å². The maximum atomic E-state index is 12.0. The normalized spacial score (nSPS) is 18.5. The molecule has 6 nitrogen and oxygen atoms in total. The van der Waals surface area contributed by atoms with E-state index in [0.29, 0.717) is 24.0 Å².